The maximum atomic E-state index is 12.5. The fourth-order valence-corrected chi connectivity index (χ4v) is 4.44. The number of nitrogens with two attached hydrogens (primary N) is 1. The Morgan fingerprint density at radius 1 is 1.28 bits per heavy atom. The van der Waals surface area contributed by atoms with Gasteiger partial charge in [-0.3, -0.25) is 4.79 Å². The number of carbonyl (C=O) groups excluding carboxylic acids is 1. The Morgan fingerprint density at radius 2 is 1.94 bits per heavy atom. The molecule has 0 aromatic heterocycles. The highest BCUT2D eigenvalue weighted by Gasteiger charge is 2.50. The third-order valence-corrected chi connectivity index (χ3v) is 5.54. The van der Waals surface area contributed by atoms with Crippen molar-refractivity contribution in [1.29, 1.82) is 0 Å². The predicted octanol–water partition coefficient (Wildman–Crippen LogP) is 0.781. The van der Waals surface area contributed by atoms with Gasteiger partial charge in [-0.25, -0.2) is 0 Å². The molecule has 4 unspecified atom stereocenters. The van der Waals surface area contributed by atoms with Crippen LogP contribution < -0.4 is 11.1 Å². The summed E-state index contributed by atoms with van der Waals surface area (Å²) in [4.78, 5) is 12.5. The first-order valence-corrected chi connectivity index (χ1v) is 7.34. The summed E-state index contributed by atoms with van der Waals surface area (Å²) in [6, 6.07) is 0.0425. The largest absolute Gasteiger partial charge is 0.394 e. The van der Waals surface area contributed by atoms with Crippen molar-refractivity contribution in [2.24, 2.45) is 23.5 Å². The molecule has 4 heteroatoms. The third kappa shape index (κ3) is 1.86. The van der Waals surface area contributed by atoms with E-state index in [1.54, 1.807) is 0 Å². The van der Waals surface area contributed by atoms with Crippen LogP contribution in [0.3, 0.4) is 0 Å². The zero-order valence-corrected chi connectivity index (χ0v) is 10.9. The summed E-state index contributed by atoms with van der Waals surface area (Å²) >= 11 is 0. The van der Waals surface area contributed by atoms with Crippen molar-refractivity contribution in [1.82, 2.24) is 5.32 Å². The Bertz CT molecular complexity index is 337. The van der Waals surface area contributed by atoms with Crippen LogP contribution in [0, 0.1) is 17.8 Å². The van der Waals surface area contributed by atoms with Crippen molar-refractivity contribution in [3.8, 4) is 0 Å². The topological polar surface area (TPSA) is 75.4 Å². The molecule has 4 nitrogen and oxygen atoms in total. The number of aliphatic hydroxyl groups excluding tert-OH is 1. The molecule has 2 bridgehead atoms. The van der Waals surface area contributed by atoms with Crippen molar-refractivity contribution >= 4 is 5.91 Å². The standard InChI is InChI=1S/C14H24N2O2/c15-12-10-4-3-9(7-10)11(12)13(18)16-14(8-17)5-1-2-6-14/h9-12,17H,1-8,15H2,(H,16,18). The number of rotatable bonds is 3. The van der Waals surface area contributed by atoms with E-state index >= 15 is 0 Å². The monoisotopic (exact) mass is 252 g/mol. The Hall–Kier alpha value is -0.610. The fourth-order valence-electron chi connectivity index (χ4n) is 4.44. The molecule has 4 atom stereocenters. The maximum absolute atomic E-state index is 12.5. The lowest BCUT2D eigenvalue weighted by molar-refractivity contribution is -0.129. The third-order valence-electron chi connectivity index (χ3n) is 5.54. The Labute approximate surface area is 108 Å². The summed E-state index contributed by atoms with van der Waals surface area (Å²) in [5.41, 5.74) is 5.85. The van der Waals surface area contributed by atoms with E-state index in [-0.39, 0.29) is 30.0 Å². The predicted molar refractivity (Wildman–Crippen MR) is 68.7 cm³/mol. The first kappa shape index (κ1) is 12.4. The number of hydrogen-bond acceptors (Lipinski definition) is 3. The van der Waals surface area contributed by atoms with E-state index in [1.165, 1.54) is 6.42 Å². The van der Waals surface area contributed by atoms with Crippen molar-refractivity contribution in [2.75, 3.05) is 6.61 Å². The fraction of sp³-hybridized carbons (Fsp3) is 0.929. The summed E-state index contributed by atoms with van der Waals surface area (Å²) < 4.78 is 0. The van der Waals surface area contributed by atoms with E-state index < -0.39 is 0 Å². The van der Waals surface area contributed by atoms with Gasteiger partial charge in [0.25, 0.3) is 0 Å². The van der Waals surface area contributed by atoms with Gasteiger partial charge in [-0.05, 0) is 43.9 Å². The van der Waals surface area contributed by atoms with Crippen LogP contribution in [0.1, 0.15) is 44.9 Å². The van der Waals surface area contributed by atoms with Crippen molar-refractivity contribution in [3.05, 3.63) is 0 Å². The van der Waals surface area contributed by atoms with E-state index in [0.717, 1.165) is 38.5 Å². The molecule has 3 rings (SSSR count). The minimum Gasteiger partial charge on any atom is -0.394 e. The molecule has 3 aliphatic rings. The van der Waals surface area contributed by atoms with Gasteiger partial charge in [0.1, 0.15) is 0 Å². The summed E-state index contributed by atoms with van der Waals surface area (Å²) in [6.45, 7) is 0.0643. The highest BCUT2D eigenvalue weighted by Crippen LogP contribution is 2.48. The number of hydrogen-bond donors (Lipinski definition) is 3. The van der Waals surface area contributed by atoms with Crippen LogP contribution in [0.15, 0.2) is 0 Å². The summed E-state index contributed by atoms with van der Waals surface area (Å²) in [6.07, 6.45) is 7.50. The molecular weight excluding hydrogens is 228 g/mol. The second kappa shape index (κ2) is 4.49. The van der Waals surface area contributed by atoms with E-state index in [4.69, 9.17) is 5.73 Å². The lowest BCUT2D eigenvalue weighted by atomic mass is 9.83. The summed E-state index contributed by atoms with van der Waals surface area (Å²) in [5, 5.41) is 12.7. The van der Waals surface area contributed by atoms with Gasteiger partial charge in [0.2, 0.25) is 5.91 Å². The van der Waals surface area contributed by atoms with Crippen LogP contribution in [-0.4, -0.2) is 29.2 Å². The Morgan fingerprint density at radius 3 is 2.50 bits per heavy atom. The Balaban J connectivity index is 1.68. The molecule has 18 heavy (non-hydrogen) atoms. The van der Waals surface area contributed by atoms with Crippen LogP contribution in [-0.2, 0) is 4.79 Å². The van der Waals surface area contributed by atoms with Gasteiger partial charge < -0.3 is 16.2 Å². The van der Waals surface area contributed by atoms with Gasteiger partial charge >= 0.3 is 0 Å². The molecule has 0 aromatic rings. The van der Waals surface area contributed by atoms with E-state index in [2.05, 4.69) is 5.32 Å². The number of aliphatic hydroxyl groups is 1. The molecule has 3 fully saturated rings. The normalized spacial score (nSPS) is 41.2. The van der Waals surface area contributed by atoms with E-state index in [1.807, 2.05) is 0 Å². The van der Waals surface area contributed by atoms with Gasteiger partial charge in [0.15, 0.2) is 0 Å². The van der Waals surface area contributed by atoms with Crippen LogP contribution in [0.2, 0.25) is 0 Å². The van der Waals surface area contributed by atoms with Crippen molar-refractivity contribution < 1.29 is 9.90 Å². The quantitative estimate of drug-likeness (QED) is 0.695. The molecular formula is C14H24N2O2. The van der Waals surface area contributed by atoms with Gasteiger partial charge in [-0.15, -0.1) is 0 Å². The maximum Gasteiger partial charge on any atom is 0.225 e. The number of carbonyl (C=O) groups is 1. The van der Waals surface area contributed by atoms with E-state index in [0.29, 0.717) is 11.8 Å². The van der Waals surface area contributed by atoms with Crippen LogP contribution in [0.5, 0.6) is 0 Å². The highest BCUT2D eigenvalue weighted by atomic mass is 16.3. The molecule has 1 amide bonds. The molecule has 0 radical (unpaired) electrons. The second-order valence-electron chi connectivity index (χ2n) is 6.57. The molecule has 4 N–H and O–H groups in total. The van der Waals surface area contributed by atoms with Gasteiger partial charge in [0, 0.05) is 6.04 Å². The number of amides is 1. The molecule has 0 aromatic carbocycles. The van der Waals surface area contributed by atoms with Gasteiger partial charge in [-0.2, -0.15) is 0 Å². The lowest BCUT2D eigenvalue weighted by Crippen LogP contribution is -2.54. The summed E-state index contributed by atoms with van der Waals surface area (Å²) in [5.74, 6) is 1.14. The zero-order chi connectivity index (χ0) is 12.8. The molecule has 102 valence electrons. The minimum atomic E-state index is -0.349. The van der Waals surface area contributed by atoms with Crippen LogP contribution >= 0.6 is 0 Å². The second-order valence-corrected chi connectivity index (χ2v) is 6.57. The molecule has 3 aliphatic carbocycles. The van der Waals surface area contributed by atoms with Crippen LogP contribution in [0.4, 0.5) is 0 Å². The van der Waals surface area contributed by atoms with Crippen molar-refractivity contribution in [2.45, 2.75) is 56.5 Å². The molecule has 0 saturated heterocycles. The lowest BCUT2D eigenvalue weighted by Gasteiger charge is -2.33. The number of fused-ring (bicyclic) bond motifs is 2. The van der Waals surface area contributed by atoms with E-state index in [9.17, 15) is 9.90 Å². The van der Waals surface area contributed by atoms with Gasteiger partial charge in [-0.1, -0.05) is 12.8 Å². The average Bonchev–Trinajstić information content (AvgIpc) is 3.04. The van der Waals surface area contributed by atoms with Crippen LogP contribution in [0.25, 0.3) is 0 Å². The molecule has 3 saturated carbocycles. The summed E-state index contributed by atoms with van der Waals surface area (Å²) in [7, 11) is 0. The first-order valence-electron chi connectivity index (χ1n) is 7.34. The number of nitrogens with one attached hydrogen (secondary N) is 1. The zero-order valence-electron chi connectivity index (χ0n) is 10.9. The highest BCUT2D eigenvalue weighted by molar-refractivity contribution is 5.81. The van der Waals surface area contributed by atoms with Crippen molar-refractivity contribution in [3.63, 3.8) is 0 Å². The van der Waals surface area contributed by atoms with Gasteiger partial charge in [0.05, 0.1) is 18.1 Å². The molecule has 0 heterocycles. The minimum absolute atomic E-state index is 0.00669. The smallest absolute Gasteiger partial charge is 0.225 e. The average molecular weight is 252 g/mol. The Kier molecular flexibility index (Phi) is 3.10. The molecule has 0 aliphatic heterocycles. The molecule has 0 spiro atoms. The first-order chi connectivity index (χ1) is 8.65. The SMILES string of the molecule is NC1C2CCC(C2)C1C(=O)NC1(CO)CCCC1.